The Kier molecular flexibility index (Phi) is 3.53. The van der Waals surface area contributed by atoms with Crippen molar-refractivity contribution in [3.05, 3.63) is 12.4 Å². The summed E-state index contributed by atoms with van der Waals surface area (Å²) in [5.41, 5.74) is 5.04. The molecule has 1 aromatic heterocycles. The molecule has 18 heavy (non-hydrogen) atoms. The van der Waals surface area contributed by atoms with Gasteiger partial charge < -0.3 is 20.9 Å². The van der Waals surface area contributed by atoms with Gasteiger partial charge in [-0.2, -0.15) is 5.10 Å². The average molecular weight is 254 g/mol. The molecule has 7 heteroatoms. The summed E-state index contributed by atoms with van der Waals surface area (Å²) in [4.78, 5) is 11.7. The van der Waals surface area contributed by atoms with Crippen molar-refractivity contribution in [2.45, 2.75) is 31.6 Å². The molecule has 1 aliphatic rings. The third-order valence-corrected chi connectivity index (χ3v) is 3.21. The minimum Gasteiger partial charge on any atom is -0.396 e. The van der Waals surface area contributed by atoms with Crippen molar-refractivity contribution in [1.82, 2.24) is 15.1 Å². The zero-order chi connectivity index (χ0) is 13.2. The van der Waals surface area contributed by atoms with Gasteiger partial charge in [-0.3, -0.25) is 9.48 Å². The molecule has 100 valence electrons. The topological polar surface area (TPSA) is 102 Å². The molecular weight excluding hydrogens is 236 g/mol. The monoisotopic (exact) mass is 254 g/mol. The number of nitrogens with two attached hydrogens (primary N) is 1. The summed E-state index contributed by atoms with van der Waals surface area (Å²) in [6, 6.07) is 0. The molecule has 2 heterocycles. The van der Waals surface area contributed by atoms with E-state index in [9.17, 15) is 9.90 Å². The number of nitrogen functional groups attached to an aromatic ring is 1. The van der Waals surface area contributed by atoms with Crippen LogP contribution < -0.4 is 11.1 Å². The second kappa shape index (κ2) is 4.95. The number of amides is 1. The van der Waals surface area contributed by atoms with Crippen molar-refractivity contribution in [3.63, 3.8) is 0 Å². The normalized spacial score (nSPS) is 27.3. The Morgan fingerprint density at radius 2 is 2.61 bits per heavy atom. The molecule has 7 nitrogen and oxygen atoms in total. The number of carbonyl (C=O) groups is 1. The number of aromatic nitrogens is 2. The Bertz CT molecular complexity index is 434. The lowest BCUT2D eigenvalue weighted by Crippen LogP contribution is -2.48. The van der Waals surface area contributed by atoms with Crippen molar-refractivity contribution < 1.29 is 14.6 Å². The van der Waals surface area contributed by atoms with Gasteiger partial charge in [0.2, 0.25) is 5.91 Å². The summed E-state index contributed by atoms with van der Waals surface area (Å²) in [5, 5.41) is 16.8. The van der Waals surface area contributed by atoms with Crippen molar-refractivity contribution >= 4 is 11.6 Å². The van der Waals surface area contributed by atoms with Crippen LogP contribution in [0.15, 0.2) is 12.4 Å². The van der Waals surface area contributed by atoms with Crippen LogP contribution in [-0.2, 0) is 16.1 Å². The fraction of sp³-hybridized carbons (Fsp3) is 0.636. The maximum atomic E-state index is 11.7. The molecule has 4 N–H and O–H groups in total. The number of nitrogens with one attached hydrogen (secondary N) is 1. The largest absolute Gasteiger partial charge is 0.396 e. The Morgan fingerprint density at radius 1 is 1.83 bits per heavy atom. The maximum absolute atomic E-state index is 11.7. The van der Waals surface area contributed by atoms with Crippen LogP contribution in [0, 0.1) is 0 Å². The molecule has 0 aliphatic carbocycles. The summed E-state index contributed by atoms with van der Waals surface area (Å²) in [6.07, 6.45) is 3.32. The van der Waals surface area contributed by atoms with E-state index in [-0.39, 0.29) is 25.1 Å². The molecule has 2 rings (SSSR count). The molecule has 1 fully saturated rings. The second-order valence-corrected chi connectivity index (χ2v) is 4.61. The predicted octanol–water partition coefficient (Wildman–Crippen LogP) is -0.879. The van der Waals surface area contributed by atoms with Crippen LogP contribution in [0.4, 0.5) is 5.69 Å². The number of ether oxygens (including phenoxy) is 1. The summed E-state index contributed by atoms with van der Waals surface area (Å²) >= 11 is 0. The number of hydrogen-bond acceptors (Lipinski definition) is 5. The smallest absolute Gasteiger partial charge is 0.241 e. The van der Waals surface area contributed by atoms with Gasteiger partial charge >= 0.3 is 0 Å². The number of hydrogen-bond donors (Lipinski definition) is 3. The first-order valence-electron chi connectivity index (χ1n) is 5.88. The van der Waals surface area contributed by atoms with Crippen molar-refractivity contribution in [2.24, 2.45) is 0 Å². The van der Waals surface area contributed by atoms with Gasteiger partial charge in [0.15, 0.2) is 0 Å². The molecule has 2 atom stereocenters. The highest BCUT2D eigenvalue weighted by molar-refractivity contribution is 5.75. The molecule has 0 aromatic carbocycles. The number of nitrogens with zero attached hydrogens (tertiary/aromatic N) is 2. The fourth-order valence-corrected chi connectivity index (χ4v) is 1.92. The van der Waals surface area contributed by atoms with Crippen molar-refractivity contribution in [3.8, 4) is 0 Å². The molecule has 0 radical (unpaired) electrons. The third kappa shape index (κ3) is 2.80. The number of anilines is 1. The van der Waals surface area contributed by atoms with Crippen molar-refractivity contribution in [2.75, 3.05) is 18.9 Å². The van der Waals surface area contributed by atoms with E-state index >= 15 is 0 Å². The Labute approximate surface area is 105 Å². The minimum atomic E-state index is -0.973. The van der Waals surface area contributed by atoms with Gasteiger partial charge in [-0.25, -0.2) is 0 Å². The Morgan fingerprint density at radius 3 is 3.17 bits per heavy atom. The van der Waals surface area contributed by atoms with E-state index in [4.69, 9.17) is 10.5 Å². The van der Waals surface area contributed by atoms with Gasteiger partial charge in [0.05, 0.1) is 18.0 Å². The van der Waals surface area contributed by atoms with Crippen LogP contribution >= 0.6 is 0 Å². The number of carbonyl (C=O) groups excluding carboxylic acids is 1. The zero-order valence-corrected chi connectivity index (χ0v) is 10.3. The molecule has 0 spiro atoms. The number of rotatable bonds is 4. The van der Waals surface area contributed by atoms with Crippen LogP contribution in [0.2, 0.25) is 0 Å². The highest BCUT2D eigenvalue weighted by Gasteiger charge is 2.39. The van der Waals surface area contributed by atoms with Gasteiger partial charge in [0.1, 0.15) is 12.1 Å². The first-order valence-corrected chi connectivity index (χ1v) is 5.88. The molecule has 1 aliphatic heterocycles. The second-order valence-electron chi connectivity index (χ2n) is 4.61. The van der Waals surface area contributed by atoms with Crippen LogP contribution in [-0.4, -0.2) is 45.7 Å². The van der Waals surface area contributed by atoms with E-state index in [1.165, 1.54) is 10.9 Å². The first-order chi connectivity index (χ1) is 8.49. The van der Waals surface area contributed by atoms with Crippen LogP contribution in [0.25, 0.3) is 0 Å². The Balaban J connectivity index is 1.81. The van der Waals surface area contributed by atoms with Gasteiger partial charge in [-0.15, -0.1) is 0 Å². The quantitative estimate of drug-likeness (QED) is 0.647. The molecule has 1 amide bonds. The van der Waals surface area contributed by atoms with E-state index < -0.39 is 5.60 Å². The Hall–Kier alpha value is -1.60. The van der Waals surface area contributed by atoms with E-state index in [1.807, 2.05) is 0 Å². The van der Waals surface area contributed by atoms with Crippen LogP contribution in [0.1, 0.15) is 13.3 Å². The van der Waals surface area contributed by atoms with Crippen molar-refractivity contribution in [1.29, 1.82) is 0 Å². The van der Waals surface area contributed by atoms with E-state index in [2.05, 4.69) is 10.4 Å². The van der Waals surface area contributed by atoms with E-state index in [1.54, 1.807) is 13.1 Å². The van der Waals surface area contributed by atoms with E-state index in [0.29, 0.717) is 18.7 Å². The lowest BCUT2D eigenvalue weighted by Gasteiger charge is -2.26. The summed E-state index contributed by atoms with van der Waals surface area (Å²) in [5.74, 6) is -0.217. The summed E-state index contributed by atoms with van der Waals surface area (Å²) < 4.78 is 6.73. The molecule has 2 unspecified atom stereocenters. The molecule has 1 aromatic rings. The summed E-state index contributed by atoms with van der Waals surface area (Å²) in [7, 11) is 0. The molecule has 1 saturated heterocycles. The minimum absolute atomic E-state index is 0.0858. The zero-order valence-electron chi connectivity index (χ0n) is 10.3. The van der Waals surface area contributed by atoms with Crippen LogP contribution in [0.3, 0.4) is 0 Å². The lowest BCUT2D eigenvalue weighted by atomic mass is 9.97. The first kappa shape index (κ1) is 12.8. The predicted molar refractivity (Wildman–Crippen MR) is 64.6 cm³/mol. The van der Waals surface area contributed by atoms with Gasteiger partial charge in [0, 0.05) is 25.8 Å². The number of aliphatic hydroxyl groups is 1. The standard InChI is InChI=1S/C11H18N4O3/c1-8-11(17,2-3-18-8)7-13-10(16)6-15-5-9(12)4-14-15/h4-5,8,17H,2-3,6-7,12H2,1H3,(H,13,16). The molecule has 0 saturated carbocycles. The maximum Gasteiger partial charge on any atom is 0.241 e. The lowest BCUT2D eigenvalue weighted by molar-refractivity contribution is -0.123. The van der Waals surface area contributed by atoms with Gasteiger partial charge in [-0.1, -0.05) is 0 Å². The highest BCUT2D eigenvalue weighted by Crippen LogP contribution is 2.24. The van der Waals surface area contributed by atoms with Gasteiger partial charge in [-0.05, 0) is 6.92 Å². The molecular formula is C11H18N4O3. The van der Waals surface area contributed by atoms with Crippen LogP contribution in [0.5, 0.6) is 0 Å². The summed E-state index contributed by atoms with van der Waals surface area (Å²) in [6.45, 7) is 2.59. The highest BCUT2D eigenvalue weighted by atomic mass is 16.5. The third-order valence-electron chi connectivity index (χ3n) is 3.21. The SMILES string of the molecule is CC1OCCC1(O)CNC(=O)Cn1cc(N)cn1. The van der Waals surface area contributed by atoms with Gasteiger partial charge in [0.25, 0.3) is 0 Å². The van der Waals surface area contributed by atoms with E-state index in [0.717, 1.165) is 0 Å². The average Bonchev–Trinajstić information content (AvgIpc) is 2.85. The molecule has 0 bridgehead atoms. The fourth-order valence-electron chi connectivity index (χ4n) is 1.92.